The molecule has 0 amide bonds. The van der Waals surface area contributed by atoms with Crippen LogP contribution in [0.1, 0.15) is 51.9 Å². The Morgan fingerprint density at radius 1 is 1.28 bits per heavy atom. The zero-order chi connectivity index (χ0) is 17.1. The lowest BCUT2D eigenvalue weighted by molar-refractivity contribution is 0.113. The van der Waals surface area contributed by atoms with E-state index in [4.69, 9.17) is 4.99 Å². The summed E-state index contributed by atoms with van der Waals surface area (Å²) in [5.74, 6) is 2.02. The Morgan fingerprint density at radius 2 is 2.08 bits per heavy atom. The van der Waals surface area contributed by atoms with E-state index in [1.807, 2.05) is 11.3 Å². The maximum atomic E-state index is 5.01. The molecule has 0 atom stereocenters. The van der Waals surface area contributed by atoms with Gasteiger partial charge in [0, 0.05) is 32.2 Å². The molecule has 2 heterocycles. The van der Waals surface area contributed by atoms with Gasteiger partial charge in [0.1, 0.15) is 0 Å². The van der Waals surface area contributed by atoms with Crippen molar-refractivity contribution in [2.45, 2.75) is 57.9 Å². The van der Waals surface area contributed by atoms with Gasteiger partial charge in [-0.25, -0.2) is 0 Å². The molecule has 4 rings (SSSR count). The van der Waals surface area contributed by atoms with Crippen LogP contribution in [0.5, 0.6) is 0 Å². The Balaban J connectivity index is 1.30. The molecule has 0 aromatic carbocycles. The highest BCUT2D eigenvalue weighted by Crippen LogP contribution is 2.57. The first-order chi connectivity index (χ1) is 12.3. The third kappa shape index (κ3) is 3.97. The van der Waals surface area contributed by atoms with Crippen molar-refractivity contribution in [1.82, 2.24) is 10.6 Å². The number of thiophene rings is 1. The number of hydrogen-bond donors (Lipinski definition) is 2. The number of guanidine groups is 1. The van der Waals surface area contributed by atoms with Gasteiger partial charge in [0.25, 0.3) is 0 Å². The number of nitrogens with zero attached hydrogens (tertiary/aromatic N) is 2. The molecule has 3 aliphatic rings. The average molecular weight is 361 g/mol. The van der Waals surface area contributed by atoms with Crippen molar-refractivity contribution >= 4 is 22.3 Å². The Labute approximate surface area is 156 Å². The van der Waals surface area contributed by atoms with Gasteiger partial charge in [0.15, 0.2) is 5.96 Å². The highest BCUT2D eigenvalue weighted by atomic mass is 32.1. The molecule has 1 aromatic rings. The van der Waals surface area contributed by atoms with Crippen LogP contribution in [0.4, 0.5) is 5.00 Å². The summed E-state index contributed by atoms with van der Waals surface area (Å²) in [6, 6.07) is 4.93. The number of anilines is 1. The minimum Gasteiger partial charge on any atom is -0.363 e. The molecule has 5 heteroatoms. The van der Waals surface area contributed by atoms with Gasteiger partial charge in [-0.05, 0) is 74.3 Å². The largest absolute Gasteiger partial charge is 0.363 e. The first-order valence-corrected chi connectivity index (χ1v) is 11.0. The van der Waals surface area contributed by atoms with Gasteiger partial charge in [-0.1, -0.05) is 6.42 Å². The van der Waals surface area contributed by atoms with Crippen LogP contribution in [0.3, 0.4) is 0 Å². The third-order valence-electron chi connectivity index (χ3n) is 6.34. The fourth-order valence-corrected chi connectivity index (χ4v) is 5.25. The van der Waals surface area contributed by atoms with Crippen molar-refractivity contribution in [2.75, 3.05) is 31.1 Å². The number of aliphatic imine (C=N–C) groups is 1. The van der Waals surface area contributed by atoms with Crippen molar-refractivity contribution in [3.05, 3.63) is 17.5 Å². The summed E-state index contributed by atoms with van der Waals surface area (Å²) in [5, 5.41) is 10.8. The fourth-order valence-electron chi connectivity index (χ4n) is 4.47. The van der Waals surface area contributed by atoms with Crippen LogP contribution in [0.2, 0.25) is 0 Å². The topological polar surface area (TPSA) is 39.7 Å². The highest BCUT2D eigenvalue weighted by Gasteiger charge is 2.48. The smallest absolute Gasteiger partial charge is 0.191 e. The fraction of sp³-hybridized carbons (Fsp3) is 0.750. The molecular formula is C20H32N4S. The van der Waals surface area contributed by atoms with Crippen LogP contribution in [0, 0.1) is 11.3 Å². The van der Waals surface area contributed by atoms with Crippen molar-refractivity contribution in [3.63, 3.8) is 0 Å². The van der Waals surface area contributed by atoms with Crippen molar-refractivity contribution in [1.29, 1.82) is 0 Å². The highest BCUT2D eigenvalue weighted by molar-refractivity contribution is 7.14. The molecular weight excluding hydrogens is 328 g/mol. The van der Waals surface area contributed by atoms with Gasteiger partial charge in [-0.3, -0.25) is 4.99 Å². The van der Waals surface area contributed by atoms with Crippen molar-refractivity contribution < 1.29 is 0 Å². The van der Waals surface area contributed by atoms with E-state index < -0.39 is 0 Å². The summed E-state index contributed by atoms with van der Waals surface area (Å²) in [6.07, 6.45) is 9.49. The maximum absolute atomic E-state index is 5.01. The quantitative estimate of drug-likeness (QED) is 0.598. The lowest BCUT2D eigenvalue weighted by Crippen LogP contribution is -2.49. The van der Waals surface area contributed by atoms with Crippen molar-refractivity contribution in [3.8, 4) is 0 Å². The molecule has 0 spiro atoms. The summed E-state index contributed by atoms with van der Waals surface area (Å²) in [7, 11) is 0. The third-order valence-corrected chi connectivity index (χ3v) is 7.27. The molecule has 1 aromatic heterocycles. The van der Waals surface area contributed by atoms with Gasteiger partial charge < -0.3 is 15.5 Å². The lowest BCUT2D eigenvalue weighted by atomic mass is 9.65. The van der Waals surface area contributed by atoms with E-state index in [-0.39, 0.29) is 0 Å². The zero-order valence-electron chi connectivity index (χ0n) is 15.5. The van der Waals surface area contributed by atoms with E-state index in [1.54, 1.807) is 0 Å². The number of hydrogen-bond acceptors (Lipinski definition) is 3. The minimum atomic E-state index is 0.548. The molecule has 0 radical (unpaired) electrons. The van der Waals surface area contributed by atoms with Crippen LogP contribution in [0.25, 0.3) is 0 Å². The molecule has 138 valence electrons. The normalized spacial score (nSPS) is 24.0. The zero-order valence-corrected chi connectivity index (χ0v) is 16.3. The second kappa shape index (κ2) is 7.56. The second-order valence-corrected chi connectivity index (χ2v) is 8.97. The Kier molecular flexibility index (Phi) is 5.20. The van der Waals surface area contributed by atoms with Crippen LogP contribution >= 0.6 is 11.3 Å². The average Bonchev–Trinajstić information content (AvgIpc) is 3.29. The summed E-state index contributed by atoms with van der Waals surface area (Å²) < 4.78 is 0. The van der Waals surface area contributed by atoms with Crippen molar-refractivity contribution in [2.24, 2.45) is 16.3 Å². The van der Waals surface area contributed by atoms with E-state index in [2.05, 4.69) is 40.0 Å². The standard InChI is InChI=1S/C20H32N4S/c1-2-21-19(22-15-20(10-4-11-20)16-6-7-16)23-17-8-12-24(13-9-17)18-5-3-14-25-18/h3,5,14,16-17H,2,4,6-13,15H2,1H3,(H2,21,22,23). The van der Waals surface area contributed by atoms with Crippen LogP contribution < -0.4 is 15.5 Å². The van der Waals surface area contributed by atoms with E-state index in [9.17, 15) is 0 Å². The molecule has 1 aliphatic heterocycles. The van der Waals surface area contributed by atoms with Gasteiger partial charge in [-0.2, -0.15) is 0 Å². The Bertz CT molecular complexity index is 567. The predicted molar refractivity (Wildman–Crippen MR) is 108 cm³/mol. The second-order valence-electron chi connectivity index (χ2n) is 8.04. The lowest BCUT2D eigenvalue weighted by Gasteiger charge is -2.41. The monoisotopic (exact) mass is 360 g/mol. The molecule has 4 nitrogen and oxygen atoms in total. The van der Waals surface area contributed by atoms with Gasteiger partial charge in [-0.15, -0.1) is 11.3 Å². The van der Waals surface area contributed by atoms with E-state index >= 15 is 0 Å². The van der Waals surface area contributed by atoms with Gasteiger partial charge in [0.05, 0.1) is 5.00 Å². The predicted octanol–water partition coefficient (Wildman–Crippen LogP) is 3.85. The molecule has 25 heavy (non-hydrogen) atoms. The van der Waals surface area contributed by atoms with Gasteiger partial charge in [0.2, 0.25) is 0 Å². The minimum absolute atomic E-state index is 0.548. The number of rotatable bonds is 6. The molecule has 2 N–H and O–H groups in total. The van der Waals surface area contributed by atoms with E-state index in [0.717, 1.165) is 38.1 Å². The summed E-state index contributed by atoms with van der Waals surface area (Å²) in [5.41, 5.74) is 0.560. The summed E-state index contributed by atoms with van der Waals surface area (Å²) >= 11 is 1.85. The molecule has 0 unspecified atom stereocenters. The molecule has 2 saturated carbocycles. The first-order valence-electron chi connectivity index (χ1n) is 10.1. The Hall–Kier alpha value is -1.23. The van der Waals surface area contributed by atoms with E-state index in [0.29, 0.717) is 11.5 Å². The molecule has 3 fully saturated rings. The summed E-state index contributed by atoms with van der Waals surface area (Å²) in [4.78, 5) is 7.53. The van der Waals surface area contributed by atoms with Crippen LogP contribution in [0.15, 0.2) is 22.5 Å². The number of nitrogens with one attached hydrogen (secondary N) is 2. The number of piperidine rings is 1. The molecule has 0 bridgehead atoms. The van der Waals surface area contributed by atoms with E-state index in [1.165, 1.54) is 49.9 Å². The maximum Gasteiger partial charge on any atom is 0.191 e. The molecule has 1 saturated heterocycles. The Morgan fingerprint density at radius 3 is 2.64 bits per heavy atom. The SMILES string of the molecule is CCNC(=NCC1(C2CC2)CCC1)NC1CCN(c2cccs2)CC1. The first kappa shape index (κ1) is 17.2. The summed E-state index contributed by atoms with van der Waals surface area (Å²) in [6.45, 7) is 6.42. The molecule has 2 aliphatic carbocycles. The van der Waals surface area contributed by atoms with Gasteiger partial charge >= 0.3 is 0 Å². The van der Waals surface area contributed by atoms with Crippen LogP contribution in [-0.4, -0.2) is 38.2 Å². The van der Waals surface area contributed by atoms with Crippen LogP contribution in [-0.2, 0) is 0 Å².